The lowest BCUT2D eigenvalue weighted by Gasteiger charge is -2.21. The third-order valence-corrected chi connectivity index (χ3v) is 1.46. The van der Waals surface area contributed by atoms with Gasteiger partial charge < -0.3 is 5.32 Å². The number of carbonyl (C=O) groups excluding carboxylic acids is 1. The van der Waals surface area contributed by atoms with Crippen molar-refractivity contribution in [2.75, 3.05) is 6.54 Å². The average Bonchev–Trinajstić information content (AvgIpc) is 2.36. The lowest BCUT2D eigenvalue weighted by Crippen LogP contribution is -2.42. The molecular formula is C6H7N3O. The number of hydrazine groups is 1. The van der Waals surface area contributed by atoms with Gasteiger partial charge >= 0.3 is 0 Å². The van der Waals surface area contributed by atoms with Crippen molar-refractivity contribution in [1.29, 1.82) is 0 Å². The molecule has 0 radical (unpaired) electrons. The van der Waals surface area contributed by atoms with Gasteiger partial charge in [-0.2, -0.15) is 0 Å². The van der Waals surface area contributed by atoms with E-state index in [1.807, 2.05) is 6.08 Å². The Labute approximate surface area is 58.2 Å². The Morgan fingerprint density at radius 2 is 2.50 bits per heavy atom. The molecule has 0 aromatic carbocycles. The molecule has 0 aromatic rings. The molecule has 0 fully saturated rings. The minimum Gasteiger partial charge on any atom is -0.347 e. The van der Waals surface area contributed by atoms with Gasteiger partial charge in [0.25, 0.3) is 5.91 Å². The number of hydrogen-bond donors (Lipinski definition) is 2. The van der Waals surface area contributed by atoms with Gasteiger partial charge in [-0.3, -0.25) is 4.79 Å². The highest BCUT2D eigenvalue weighted by molar-refractivity contribution is 5.89. The number of hydrogen-bond acceptors (Lipinski definition) is 3. The average molecular weight is 137 g/mol. The highest BCUT2D eigenvalue weighted by atomic mass is 16.2. The number of carbonyl (C=O) groups is 1. The summed E-state index contributed by atoms with van der Waals surface area (Å²) in [6.07, 6.45) is 5.04. The zero-order chi connectivity index (χ0) is 6.97. The number of rotatable bonds is 0. The molecule has 2 aliphatic heterocycles. The molecule has 0 spiro atoms. The first-order valence-corrected chi connectivity index (χ1v) is 3.09. The molecule has 0 saturated heterocycles. The predicted octanol–water partition coefficient (Wildman–Crippen LogP) is -0.709. The van der Waals surface area contributed by atoms with Gasteiger partial charge in [0.05, 0.1) is 0 Å². The highest BCUT2D eigenvalue weighted by Gasteiger charge is 2.21. The molecule has 10 heavy (non-hydrogen) atoms. The molecule has 0 aliphatic carbocycles. The van der Waals surface area contributed by atoms with Gasteiger partial charge in [0.15, 0.2) is 0 Å². The maximum Gasteiger partial charge on any atom is 0.268 e. The zero-order valence-corrected chi connectivity index (χ0v) is 5.29. The summed E-state index contributed by atoms with van der Waals surface area (Å²) in [6, 6.07) is 0. The Hall–Kier alpha value is -1.29. The lowest BCUT2D eigenvalue weighted by atomic mass is 10.4. The third-order valence-electron chi connectivity index (χ3n) is 1.46. The summed E-state index contributed by atoms with van der Waals surface area (Å²) in [7, 11) is 0. The van der Waals surface area contributed by atoms with Crippen LogP contribution in [0.4, 0.5) is 0 Å². The Morgan fingerprint density at radius 3 is 3.30 bits per heavy atom. The summed E-state index contributed by atoms with van der Waals surface area (Å²) in [5.74, 6) is 0.801. The van der Waals surface area contributed by atoms with Crippen molar-refractivity contribution in [3.05, 3.63) is 24.2 Å². The van der Waals surface area contributed by atoms with E-state index in [-0.39, 0.29) is 5.91 Å². The first kappa shape index (κ1) is 5.49. The third kappa shape index (κ3) is 0.625. The largest absolute Gasteiger partial charge is 0.347 e. The molecule has 2 aliphatic rings. The highest BCUT2D eigenvalue weighted by Crippen LogP contribution is 2.07. The number of nitrogens with one attached hydrogen (secondary N) is 2. The van der Waals surface area contributed by atoms with Crippen LogP contribution in [0.25, 0.3) is 0 Å². The van der Waals surface area contributed by atoms with E-state index in [9.17, 15) is 4.79 Å². The van der Waals surface area contributed by atoms with Crippen LogP contribution in [0.3, 0.4) is 0 Å². The predicted molar refractivity (Wildman–Crippen MR) is 35.2 cm³/mol. The fraction of sp³-hybridized carbons (Fsp3) is 0.167. The molecular weight excluding hydrogens is 130 g/mol. The van der Waals surface area contributed by atoms with E-state index in [1.54, 1.807) is 6.20 Å². The molecule has 2 heterocycles. The van der Waals surface area contributed by atoms with Crippen molar-refractivity contribution < 1.29 is 4.79 Å². The molecule has 0 bridgehead atoms. The summed E-state index contributed by atoms with van der Waals surface area (Å²) >= 11 is 0. The van der Waals surface area contributed by atoms with Gasteiger partial charge in [-0.15, -0.1) is 0 Å². The van der Waals surface area contributed by atoms with Crippen LogP contribution in [-0.4, -0.2) is 17.5 Å². The van der Waals surface area contributed by atoms with E-state index in [0.29, 0.717) is 0 Å². The van der Waals surface area contributed by atoms with Crippen molar-refractivity contribution in [3.8, 4) is 0 Å². The van der Waals surface area contributed by atoms with Crippen LogP contribution in [0.1, 0.15) is 0 Å². The van der Waals surface area contributed by atoms with Crippen LogP contribution in [0.15, 0.2) is 24.2 Å². The van der Waals surface area contributed by atoms with Crippen LogP contribution < -0.4 is 10.7 Å². The van der Waals surface area contributed by atoms with Crippen molar-refractivity contribution in [3.63, 3.8) is 0 Å². The van der Waals surface area contributed by atoms with E-state index >= 15 is 0 Å². The van der Waals surface area contributed by atoms with Crippen molar-refractivity contribution in [2.24, 2.45) is 0 Å². The minimum atomic E-state index is -0.0255. The molecule has 0 aromatic heterocycles. The Kier molecular flexibility index (Phi) is 1.01. The van der Waals surface area contributed by atoms with E-state index < -0.39 is 0 Å². The van der Waals surface area contributed by atoms with Crippen LogP contribution in [0, 0.1) is 0 Å². The van der Waals surface area contributed by atoms with Gasteiger partial charge in [-0.05, 0) is 6.08 Å². The maximum absolute atomic E-state index is 11.0. The van der Waals surface area contributed by atoms with E-state index in [0.717, 1.165) is 12.4 Å². The minimum absolute atomic E-state index is 0.0255. The van der Waals surface area contributed by atoms with Gasteiger partial charge in [-0.1, -0.05) is 0 Å². The van der Waals surface area contributed by atoms with Gasteiger partial charge in [0.2, 0.25) is 0 Å². The second-order valence-corrected chi connectivity index (χ2v) is 2.10. The lowest BCUT2D eigenvalue weighted by molar-refractivity contribution is -0.126. The Morgan fingerprint density at radius 1 is 1.60 bits per heavy atom. The molecule has 4 nitrogen and oxygen atoms in total. The molecule has 2 N–H and O–H groups in total. The standard InChI is InChI=1S/C6H7N3O/c10-6-2-3-7-5-1-4-8-9(5)6/h1-3,7-8H,4H2. The summed E-state index contributed by atoms with van der Waals surface area (Å²) in [5, 5.41) is 4.42. The molecule has 4 heteroatoms. The van der Waals surface area contributed by atoms with Crippen LogP contribution in [0.5, 0.6) is 0 Å². The first-order chi connectivity index (χ1) is 4.88. The van der Waals surface area contributed by atoms with Crippen molar-refractivity contribution in [2.45, 2.75) is 0 Å². The maximum atomic E-state index is 11.0. The van der Waals surface area contributed by atoms with Crippen LogP contribution >= 0.6 is 0 Å². The second kappa shape index (κ2) is 1.85. The summed E-state index contributed by atoms with van der Waals surface area (Å²) in [6.45, 7) is 0.718. The van der Waals surface area contributed by atoms with Crippen LogP contribution in [0.2, 0.25) is 0 Å². The monoisotopic (exact) mass is 137 g/mol. The SMILES string of the molecule is O=C1C=CNC2=CCNN12. The molecule has 1 amide bonds. The smallest absolute Gasteiger partial charge is 0.268 e. The number of amides is 1. The first-order valence-electron chi connectivity index (χ1n) is 3.09. The fourth-order valence-electron chi connectivity index (χ4n) is 1.00. The second-order valence-electron chi connectivity index (χ2n) is 2.10. The van der Waals surface area contributed by atoms with Crippen molar-refractivity contribution >= 4 is 5.91 Å². The van der Waals surface area contributed by atoms with E-state index in [2.05, 4.69) is 10.7 Å². The van der Waals surface area contributed by atoms with Crippen LogP contribution in [-0.2, 0) is 4.79 Å². The molecule has 52 valence electrons. The zero-order valence-electron chi connectivity index (χ0n) is 5.29. The quantitative estimate of drug-likeness (QED) is 0.463. The summed E-state index contributed by atoms with van der Waals surface area (Å²) in [4.78, 5) is 11.0. The molecule has 2 rings (SSSR count). The molecule has 0 atom stereocenters. The van der Waals surface area contributed by atoms with E-state index in [1.165, 1.54) is 11.1 Å². The van der Waals surface area contributed by atoms with Crippen molar-refractivity contribution in [1.82, 2.24) is 15.8 Å². The number of nitrogens with zero attached hydrogens (tertiary/aromatic N) is 1. The normalized spacial score (nSPS) is 22.2. The van der Waals surface area contributed by atoms with E-state index in [4.69, 9.17) is 0 Å². The summed E-state index contributed by atoms with van der Waals surface area (Å²) < 4.78 is 0. The topological polar surface area (TPSA) is 44.4 Å². The van der Waals surface area contributed by atoms with Gasteiger partial charge in [0, 0.05) is 18.8 Å². The number of fused-ring (bicyclic) bond motifs is 1. The Bertz CT molecular complexity index is 231. The molecule has 0 unspecified atom stereocenters. The van der Waals surface area contributed by atoms with Gasteiger partial charge in [0.1, 0.15) is 5.82 Å². The summed E-state index contributed by atoms with van der Waals surface area (Å²) in [5.41, 5.74) is 2.89. The molecule has 0 saturated carbocycles. The Balaban J connectivity index is 2.32. The van der Waals surface area contributed by atoms with Gasteiger partial charge in [-0.25, -0.2) is 10.4 Å². The fourth-order valence-corrected chi connectivity index (χ4v) is 1.00.